The zero-order chi connectivity index (χ0) is 30.3. The van der Waals surface area contributed by atoms with Gasteiger partial charge in [-0.05, 0) is 61.9 Å². The first kappa shape index (κ1) is 35.1. The number of aromatic hydroxyl groups is 1. The third kappa shape index (κ3) is 17.7. The van der Waals surface area contributed by atoms with Gasteiger partial charge in [-0.25, -0.2) is 0 Å². The lowest BCUT2D eigenvalue weighted by Crippen LogP contribution is -2.31. The van der Waals surface area contributed by atoms with Crippen LogP contribution in [0.1, 0.15) is 117 Å². The molecule has 0 aromatic heterocycles. The second-order valence-corrected chi connectivity index (χ2v) is 11.3. The summed E-state index contributed by atoms with van der Waals surface area (Å²) in [5.41, 5.74) is 0.575. The van der Waals surface area contributed by atoms with Gasteiger partial charge >= 0.3 is 0 Å². The van der Waals surface area contributed by atoms with E-state index in [2.05, 4.69) is 24.5 Å². The molecule has 0 aliphatic heterocycles. The monoisotopic (exact) mass is 582 g/mol. The molecule has 234 valence electrons. The zero-order valence-electron chi connectivity index (χ0n) is 26.0. The maximum atomic E-state index is 12.2. The Morgan fingerprint density at radius 2 is 1.21 bits per heavy atom. The molecule has 0 saturated carbocycles. The minimum Gasteiger partial charge on any atom is -0.508 e. The molecule has 1 atom stereocenters. The van der Waals surface area contributed by atoms with Gasteiger partial charge in [0.15, 0.2) is 0 Å². The molecule has 0 aliphatic rings. The van der Waals surface area contributed by atoms with Crippen LogP contribution in [0.5, 0.6) is 17.2 Å². The smallest absolute Gasteiger partial charge is 0.233 e. The predicted molar refractivity (Wildman–Crippen MR) is 171 cm³/mol. The number of hydrogen-bond acceptors (Lipinski definition) is 5. The molecule has 2 rings (SSSR count). The molecule has 0 heterocycles. The average Bonchev–Trinajstić information content (AvgIpc) is 2.97. The topological polar surface area (TPSA) is 96.9 Å². The maximum Gasteiger partial charge on any atom is 0.233 e. The molecule has 2 amide bonds. The fourth-order valence-electron chi connectivity index (χ4n) is 4.83. The molecule has 0 bridgehead atoms. The summed E-state index contributed by atoms with van der Waals surface area (Å²) in [5.74, 6) is 0.640. The van der Waals surface area contributed by atoms with Crippen LogP contribution in [0.3, 0.4) is 0 Å². The van der Waals surface area contributed by atoms with Gasteiger partial charge in [0.05, 0.1) is 12.7 Å². The van der Waals surface area contributed by atoms with Gasteiger partial charge in [-0.1, -0.05) is 96.8 Å². The number of unbranched alkanes of at least 4 members (excludes halogenated alkanes) is 13. The summed E-state index contributed by atoms with van der Waals surface area (Å²) < 4.78 is 11.5. The van der Waals surface area contributed by atoms with Crippen LogP contribution in [-0.4, -0.2) is 36.2 Å². The molecule has 0 spiro atoms. The van der Waals surface area contributed by atoms with E-state index in [-0.39, 0.29) is 30.1 Å². The Labute approximate surface area is 253 Å². The number of phenols is 1. The minimum atomic E-state index is -0.383. The summed E-state index contributed by atoms with van der Waals surface area (Å²) in [7, 11) is 0. The Morgan fingerprint density at radius 3 is 1.76 bits per heavy atom. The number of ether oxygens (including phenoxy) is 2. The van der Waals surface area contributed by atoms with Crippen molar-refractivity contribution in [3.05, 3.63) is 48.5 Å². The highest BCUT2D eigenvalue weighted by Gasteiger charge is 2.10. The molecule has 3 N–H and O–H groups in total. The van der Waals surface area contributed by atoms with Crippen molar-refractivity contribution in [1.82, 2.24) is 5.32 Å². The van der Waals surface area contributed by atoms with E-state index in [1.165, 1.54) is 89.9 Å². The standard InChI is InChI=1S/C35H54N2O5/c1-3-4-5-6-7-8-9-10-11-12-13-14-15-16-17-29(2)41-27-26-36-34(39)28-35(40)37-30-18-22-32(23-19-30)42-33-24-20-31(38)21-25-33/h18-25,29,38H,3-17,26-28H2,1-2H3,(H,36,39)(H,37,40). The second kappa shape index (κ2) is 22.5. The average molecular weight is 583 g/mol. The SMILES string of the molecule is CCCCCCCCCCCCCCCCC(C)OCCNC(=O)CC(=O)Nc1ccc(Oc2ccc(O)cc2)cc1. The number of anilines is 1. The summed E-state index contributed by atoms with van der Waals surface area (Å²) in [6, 6.07) is 13.3. The first-order valence-electron chi connectivity index (χ1n) is 16.2. The molecule has 2 aromatic rings. The van der Waals surface area contributed by atoms with Crippen LogP contribution in [-0.2, 0) is 14.3 Å². The van der Waals surface area contributed by atoms with Gasteiger partial charge in [0.2, 0.25) is 11.8 Å². The number of carbonyl (C=O) groups excluding carboxylic acids is 2. The molecule has 0 aliphatic carbocycles. The summed E-state index contributed by atoms with van der Waals surface area (Å²) >= 11 is 0. The minimum absolute atomic E-state index is 0.168. The van der Waals surface area contributed by atoms with Crippen LogP contribution >= 0.6 is 0 Å². The van der Waals surface area contributed by atoms with E-state index >= 15 is 0 Å². The van der Waals surface area contributed by atoms with Crippen LogP contribution in [0.4, 0.5) is 5.69 Å². The Kier molecular flexibility index (Phi) is 18.8. The molecule has 7 heteroatoms. The number of phenolic OH excluding ortho intramolecular Hbond substituents is 1. The van der Waals surface area contributed by atoms with Crippen molar-refractivity contribution in [2.75, 3.05) is 18.5 Å². The van der Waals surface area contributed by atoms with Crippen molar-refractivity contribution in [2.45, 2.75) is 123 Å². The Morgan fingerprint density at radius 1 is 0.714 bits per heavy atom. The van der Waals surface area contributed by atoms with E-state index < -0.39 is 0 Å². The van der Waals surface area contributed by atoms with Gasteiger partial charge in [-0.2, -0.15) is 0 Å². The molecule has 7 nitrogen and oxygen atoms in total. The summed E-state index contributed by atoms with van der Waals surface area (Å²) in [4.78, 5) is 24.3. The number of hydrogen-bond donors (Lipinski definition) is 3. The van der Waals surface area contributed by atoms with Crippen LogP contribution in [0, 0.1) is 0 Å². The molecule has 0 fully saturated rings. The van der Waals surface area contributed by atoms with Crippen molar-refractivity contribution in [2.24, 2.45) is 0 Å². The predicted octanol–water partition coefficient (Wildman–Crippen LogP) is 8.91. The number of nitrogens with one attached hydrogen (secondary N) is 2. The summed E-state index contributed by atoms with van der Waals surface area (Å²) in [5, 5.41) is 14.8. The highest BCUT2D eigenvalue weighted by molar-refractivity contribution is 6.03. The van der Waals surface area contributed by atoms with E-state index in [4.69, 9.17) is 9.47 Å². The fourth-order valence-corrected chi connectivity index (χ4v) is 4.83. The van der Waals surface area contributed by atoms with E-state index in [0.29, 0.717) is 30.3 Å². The maximum absolute atomic E-state index is 12.2. The Hall–Kier alpha value is -3.06. The van der Waals surface area contributed by atoms with Gasteiger partial charge < -0.3 is 25.2 Å². The first-order chi connectivity index (χ1) is 20.5. The van der Waals surface area contributed by atoms with E-state index in [0.717, 1.165) is 6.42 Å². The van der Waals surface area contributed by atoms with Gasteiger partial charge in [-0.15, -0.1) is 0 Å². The van der Waals surface area contributed by atoms with Crippen molar-refractivity contribution in [3.63, 3.8) is 0 Å². The third-order valence-corrected chi connectivity index (χ3v) is 7.32. The summed E-state index contributed by atoms with van der Waals surface area (Å²) in [6.07, 6.45) is 20.0. The van der Waals surface area contributed by atoms with Gasteiger partial charge in [-0.3, -0.25) is 9.59 Å². The van der Waals surface area contributed by atoms with Crippen LogP contribution < -0.4 is 15.4 Å². The first-order valence-corrected chi connectivity index (χ1v) is 16.2. The van der Waals surface area contributed by atoms with Gasteiger partial charge in [0.1, 0.15) is 23.7 Å². The molecule has 2 aromatic carbocycles. The Bertz CT molecular complexity index is 978. The largest absolute Gasteiger partial charge is 0.508 e. The van der Waals surface area contributed by atoms with Crippen molar-refractivity contribution in [3.8, 4) is 17.2 Å². The quantitative estimate of drug-likeness (QED) is 0.0848. The lowest BCUT2D eigenvalue weighted by Gasteiger charge is -2.13. The Balaban J connectivity index is 1.41. The lowest BCUT2D eigenvalue weighted by atomic mass is 10.0. The van der Waals surface area contributed by atoms with E-state index in [1.807, 2.05) is 0 Å². The number of amides is 2. The molecule has 0 radical (unpaired) electrons. The van der Waals surface area contributed by atoms with Crippen LogP contribution in [0.2, 0.25) is 0 Å². The molecule has 42 heavy (non-hydrogen) atoms. The van der Waals surface area contributed by atoms with Crippen molar-refractivity contribution < 1.29 is 24.2 Å². The molecule has 0 saturated heterocycles. The van der Waals surface area contributed by atoms with Gasteiger partial charge in [0, 0.05) is 12.2 Å². The zero-order valence-corrected chi connectivity index (χ0v) is 26.0. The van der Waals surface area contributed by atoms with E-state index in [1.54, 1.807) is 48.5 Å². The van der Waals surface area contributed by atoms with Crippen LogP contribution in [0.15, 0.2) is 48.5 Å². The molecule has 1 unspecified atom stereocenters. The van der Waals surface area contributed by atoms with Crippen molar-refractivity contribution >= 4 is 17.5 Å². The fraction of sp³-hybridized carbons (Fsp3) is 0.600. The molecular formula is C35H54N2O5. The summed E-state index contributed by atoms with van der Waals surface area (Å²) in [6.45, 7) is 5.18. The van der Waals surface area contributed by atoms with Crippen LogP contribution in [0.25, 0.3) is 0 Å². The van der Waals surface area contributed by atoms with Gasteiger partial charge in [0.25, 0.3) is 0 Å². The van der Waals surface area contributed by atoms with E-state index in [9.17, 15) is 14.7 Å². The number of carbonyl (C=O) groups is 2. The lowest BCUT2D eigenvalue weighted by molar-refractivity contribution is -0.127. The highest BCUT2D eigenvalue weighted by Crippen LogP contribution is 2.24. The number of rotatable bonds is 24. The third-order valence-electron chi connectivity index (χ3n) is 7.32. The normalized spacial score (nSPS) is 11.7. The van der Waals surface area contributed by atoms with Crippen molar-refractivity contribution in [1.29, 1.82) is 0 Å². The highest BCUT2D eigenvalue weighted by atomic mass is 16.5. The molecular weight excluding hydrogens is 528 g/mol. The number of benzene rings is 2. The second-order valence-electron chi connectivity index (χ2n) is 11.3.